The Morgan fingerprint density at radius 1 is 1.04 bits per heavy atom. The normalized spacial score (nSPS) is 14.9. The summed E-state index contributed by atoms with van der Waals surface area (Å²) in [6, 6.07) is 17.6. The molecule has 0 radical (unpaired) electrons. The topological polar surface area (TPSA) is 71.2 Å². The van der Waals surface area contributed by atoms with Gasteiger partial charge in [0.05, 0.1) is 0 Å². The van der Waals surface area contributed by atoms with Crippen LogP contribution in [-0.4, -0.2) is 28.5 Å². The summed E-state index contributed by atoms with van der Waals surface area (Å²) >= 11 is 0. The average molecular weight is 378 g/mol. The van der Waals surface area contributed by atoms with Gasteiger partial charge in [0.1, 0.15) is 17.4 Å². The van der Waals surface area contributed by atoms with Gasteiger partial charge in [0, 0.05) is 23.0 Å². The van der Waals surface area contributed by atoms with Crippen molar-refractivity contribution in [3.63, 3.8) is 0 Å². The molecule has 5 nitrogen and oxygen atoms in total. The van der Waals surface area contributed by atoms with Crippen LogP contribution in [0.3, 0.4) is 0 Å². The molecule has 0 spiro atoms. The van der Waals surface area contributed by atoms with Crippen molar-refractivity contribution in [1.29, 1.82) is 0 Å². The summed E-state index contributed by atoms with van der Waals surface area (Å²) in [6.07, 6.45) is 2.07. The number of fused-ring (bicyclic) bond motifs is 1. The Labute approximate surface area is 165 Å². The molecule has 1 heterocycles. The lowest BCUT2D eigenvalue weighted by Gasteiger charge is -2.35. The number of aromatic amines is 1. The summed E-state index contributed by atoms with van der Waals surface area (Å²) in [4.78, 5) is 28.1. The third kappa shape index (κ3) is 4.09. The number of amides is 1. The molecular weight excluding hydrogens is 352 g/mol. The maximum absolute atomic E-state index is 12.5. The molecule has 3 rings (SSSR count). The minimum absolute atomic E-state index is 0.394. The average Bonchev–Trinajstić information content (AvgIpc) is 3.05. The van der Waals surface area contributed by atoms with Crippen molar-refractivity contribution in [2.45, 2.75) is 44.8 Å². The fraction of sp³-hybridized carbons (Fsp3) is 0.304. The number of aldehydes is 1. The van der Waals surface area contributed by atoms with Gasteiger partial charge in [0.15, 0.2) is 0 Å². The van der Waals surface area contributed by atoms with Crippen molar-refractivity contribution < 1.29 is 14.3 Å². The van der Waals surface area contributed by atoms with Gasteiger partial charge >= 0.3 is 6.09 Å². The number of nitrogens with one attached hydrogen (secondary N) is 2. The van der Waals surface area contributed by atoms with Crippen molar-refractivity contribution in [3.8, 4) is 0 Å². The maximum Gasteiger partial charge on any atom is 0.408 e. The van der Waals surface area contributed by atoms with E-state index in [9.17, 15) is 9.59 Å². The Kier molecular flexibility index (Phi) is 5.27. The maximum atomic E-state index is 12.5. The lowest BCUT2D eigenvalue weighted by molar-refractivity contribution is -0.113. The molecule has 2 aromatic carbocycles. The van der Waals surface area contributed by atoms with Gasteiger partial charge in [0.25, 0.3) is 0 Å². The van der Waals surface area contributed by atoms with Crippen molar-refractivity contribution in [1.82, 2.24) is 10.3 Å². The van der Waals surface area contributed by atoms with Gasteiger partial charge in [-0.05, 0) is 44.9 Å². The first-order valence-electron chi connectivity index (χ1n) is 9.32. The number of aromatic nitrogens is 1. The van der Waals surface area contributed by atoms with Crippen LogP contribution in [0.15, 0.2) is 60.8 Å². The second-order valence-electron chi connectivity index (χ2n) is 8.16. The fourth-order valence-electron chi connectivity index (χ4n) is 3.52. The van der Waals surface area contributed by atoms with E-state index in [2.05, 4.69) is 10.3 Å². The molecule has 2 N–H and O–H groups in total. The van der Waals surface area contributed by atoms with E-state index in [0.717, 1.165) is 28.3 Å². The van der Waals surface area contributed by atoms with E-state index >= 15 is 0 Å². The van der Waals surface area contributed by atoms with Crippen LogP contribution in [0.2, 0.25) is 0 Å². The molecule has 0 aliphatic heterocycles. The predicted molar refractivity (Wildman–Crippen MR) is 110 cm³/mol. The third-order valence-electron chi connectivity index (χ3n) is 4.68. The van der Waals surface area contributed by atoms with Crippen molar-refractivity contribution in [2.75, 3.05) is 0 Å². The Hall–Kier alpha value is -3.08. The molecule has 28 heavy (non-hydrogen) atoms. The minimum Gasteiger partial charge on any atom is -0.444 e. The number of hydrogen-bond acceptors (Lipinski definition) is 3. The number of ether oxygens (including phenoxy) is 1. The van der Waals surface area contributed by atoms with Gasteiger partial charge in [-0.1, -0.05) is 48.5 Å². The van der Waals surface area contributed by atoms with E-state index in [1.165, 1.54) is 0 Å². The molecule has 0 aliphatic carbocycles. The molecule has 0 fully saturated rings. The van der Waals surface area contributed by atoms with Crippen molar-refractivity contribution >= 4 is 23.3 Å². The van der Waals surface area contributed by atoms with Crippen LogP contribution in [0.1, 0.15) is 44.7 Å². The highest BCUT2D eigenvalue weighted by atomic mass is 16.6. The van der Waals surface area contributed by atoms with Crippen LogP contribution in [0.25, 0.3) is 10.9 Å². The first kappa shape index (κ1) is 19.7. The Bertz CT molecular complexity index is 972. The zero-order chi connectivity index (χ0) is 20.4. The first-order valence-corrected chi connectivity index (χ1v) is 9.32. The third-order valence-corrected chi connectivity index (χ3v) is 4.68. The van der Waals surface area contributed by atoms with E-state index in [1.54, 1.807) is 27.7 Å². The first-order chi connectivity index (χ1) is 13.2. The highest BCUT2D eigenvalue weighted by molar-refractivity contribution is 5.87. The number of carbonyl (C=O) groups excluding carboxylic acids is 2. The van der Waals surface area contributed by atoms with Crippen LogP contribution in [-0.2, 0) is 9.53 Å². The van der Waals surface area contributed by atoms with Gasteiger partial charge in [-0.25, -0.2) is 4.79 Å². The zero-order valence-corrected chi connectivity index (χ0v) is 16.7. The standard InChI is InChI=1S/C23H26N2O3/c1-22(2,3)28-21(27)25-23(4,15-26)20(16-10-6-5-7-11-16)18-14-24-19-13-9-8-12-17(18)19/h5-15,20,24H,1-4H3,(H,25,27)/t20-,23+/m1/s1. The SMILES string of the molecule is CC(C)(C)OC(=O)N[C@@](C)(C=O)[C@H](c1ccccc1)c1c[nH]c2ccccc12. The summed E-state index contributed by atoms with van der Waals surface area (Å²) < 4.78 is 5.41. The van der Waals surface area contributed by atoms with Crippen LogP contribution in [0.4, 0.5) is 4.79 Å². The molecule has 0 saturated heterocycles. The summed E-state index contributed by atoms with van der Waals surface area (Å²) in [7, 11) is 0. The minimum atomic E-state index is -1.20. The number of H-pyrrole nitrogens is 1. The molecule has 1 amide bonds. The van der Waals surface area contributed by atoms with E-state index in [4.69, 9.17) is 4.74 Å². The van der Waals surface area contributed by atoms with Crippen LogP contribution in [0.5, 0.6) is 0 Å². The summed E-state index contributed by atoms with van der Waals surface area (Å²) in [5, 5.41) is 3.82. The largest absolute Gasteiger partial charge is 0.444 e. The lowest BCUT2D eigenvalue weighted by atomic mass is 9.76. The van der Waals surface area contributed by atoms with Gasteiger partial charge < -0.3 is 19.8 Å². The molecule has 2 atom stereocenters. The van der Waals surface area contributed by atoms with Crippen molar-refractivity contribution in [2.24, 2.45) is 0 Å². The van der Waals surface area contributed by atoms with Crippen LogP contribution in [0, 0.1) is 0 Å². The molecule has 0 aliphatic rings. The van der Waals surface area contributed by atoms with E-state index in [-0.39, 0.29) is 0 Å². The number of alkyl carbamates (subject to hydrolysis) is 1. The van der Waals surface area contributed by atoms with E-state index in [1.807, 2.05) is 60.8 Å². The number of benzene rings is 2. The smallest absolute Gasteiger partial charge is 0.408 e. The van der Waals surface area contributed by atoms with Crippen LogP contribution >= 0.6 is 0 Å². The second kappa shape index (κ2) is 7.50. The van der Waals surface area contributed by atoms with Gasteiger partial charge in [-0.15, -0.1) is 0 Å². The number of rotatable bonds is 5. The molecule has 3 aromatic rings. The summed E-state index contributed by atoms with van der Waals surface area (Å²) in [5.41, 5.74) is 0.986. The molecular formula is C23H26N2O3. The predicted octanol–water partition coefficient (Wildman–Crippen LogP) is 4.78. The summed E-state index contributed by atoms with van der Waals surface area (Å²) in [6.45, 7) is 7.10. The van der Waals surface area contributed by atoms with Gasteiger partial charge in [0.2, 0.25) is 0 Å². The molecule has 146 valence electrons. The molecule has 1 aromatic heterocycles. The highest BCUT2D eigenvalue weighted by Gasteiger charge is 2.40. The molecule has 0 bridgehead atoms. The molecule has 5 heteroatoms. The Balaban J connectivity index is 2.10. The van der Waals surface area contributed by atoms with Gasteiger partial charge in [-0.2, -0.15) is 0 Å². The number of para-hydroxylation sites is 1. The summed E-state index contributed by atoms with van der Waals surface area (Å²) in [5.74, 6) is -0.394. The second-order valence-corrected chi connectivity index (χ2v) is 8.16. The highest BCUT2D eigenvalue weighted by Crippen LogP contribution is 2.38. The molecule has 0 unspecified atom stereocenters. The van der Waals surface area contributed by atoms with Gasteiger partial charge in [-0.3, -0.25) is 0 Å². The Morgan fingerprint density at radius 2 is 1.68 bits per heavy atom. The Morgan fingerprint density at radius 3 is 2.32 bits per heavy atom. The number of carbonyl (C=O) groups is 2. The van der Waals surface area contributed by atoms with E-state index in [0.29, 0.717) is 0 Å². The monoisotopic (exact) mass is 378 g/mol. The fourth-order valence-corrected chi connectivity index (χ4v) is 3.52. The van der Waals surface area contributed by atoms with E-state index < -0.39 is 23.2 Å². The lowest BCUT2D eigenvalue weighted by Crippen LogP contribution is -2.53. The van der Waals surface area contributed by atoms with Crippen LogP contribution < -0.4 is 5.32 Å². The number of hydrogen-bond donors (Lipinski definition) is 2. The molecule has 0 saturated carbocycles. The zero-order valence-electron chi connectivity index (χ0n) is 16.7. The quantitative estimate of drug-likeness (QED) is 0.628. The van der Waals surface area contributed by atoms with Crippen molar-refractivity contribution in [3.05, 3.63) is 71.9 Å².